The summed E-state index contributed by atoms with van der Waals surface area (Å²) in [6.07, 6.45) is 3.07. The Morgan fingerprint density at radius 1 is 1.17 bits per heavy atom. The van der Waals surface area contributed by atoms with Gasteiger partial charge in [0.25, 0.3) is 0 Å². The van der Waals surface area contributed by atoms with Crippen molar-refractivity contribution >= 4 is 17.7 Å². The van der Waals surface area contributed by atoms with Crippen LogP contribution in [-0.2, 0) is 4.79 Å². The predicted molar refractivity (Wildman–Crippen MR) is 88.2 cm³/mol. The van der Waals surface area contributed by atoms with Crippen LogP contribution in [0.1, 0.15) is 12.5 Å². The number of anilines is 1. The summed E-state index contributed by atoms with van der Waals surface area (Å²) < 4.78 is 23.5. The minimum absolute atomic E-state index is 0.301. The van der Waals surface area contributed by atoms with Gasteiger partial charge in [0, 0.05) is 11.8 Å². The van der Waals surface area contributed by atoms with Crippen LogP contribution in [0, 0.1) is 5.82 Å². The Morgan fingerprint density at radius 3 is 2.57 bits per heavy atom. The Morgan fingerprint density at radius 2 is 1.91 bits per heavy atom. The van der Waals surface area contributed by atoms with Gasteiger partial charge in [0.1, 0.15) is 5.82 Å². The zero-order valence-corrected chi connectivity index (χ0v) is 13.0. The van der Waals surface area contributed by atoms with E-state index in [1.807, 2.05) is 13.0 Å². The van der Waals surface area contributed by atoms with Crippen molar-refractivity contribution in [2.24, 2.45) is 0 Å². The molecule has 0 radical (unpaired) electrons. The van der Waals surface area contributed by atoms with Crippen LogP contribution in [0.2, 0.25) is 0 Å². The SMILES string of the molecule is CCOc1ccc(C=CC(=O)Nc2ccc(F)cc2)cc1OC. The van der Waals surface area contributed by atoms with E-state index in [1.165, 1.54) is 30.3 Å². The van der Waals surface area contributed by atoms with Gasteiger partial charge in [-0.3, -0.25) is 4.79 Å². The van der Waals surface area contributed by atoms with Gasteiger partial charge in [-0.2, -0.15) is 0 Å². The van der Waals surface area contributed by atoms with Gasteiger partial charge in [-0.1, -0.05) is 6.07 Å². The normalized spacial score (nSPS) is 10.6. The number of halogens is 1. The summed E-state index contributed by atoms with van der Waals surface area (Å²) >= 11 is 0. The topological polar surface area (TPSA) is 47.6 Å². The molecule has 2 aromatic rings. The molecule has 4 nitrogen and oxygen atoms in total. The summed E-state index contributed by atoms with van der Waals surface area (Å²) in [6.45, 7) is 2.44. The van der Waals surface area contributed by atoms with Gasteiger partial charge >= 0.3 is 0 Å². The second kappa shape index (κ2) is 7.98. The van der Waals surface area contributed by atoms with Crippen LogP contribution >= 0.6 is 0 Å². The molecule has 1 amide bonds. The van der Waals surface area contributed by atoms with Crippen molar-refractivity contribution in [2.75, 3.05) is 19.0 Å². The molecular formula is C18H18FNO3. The average molecular weight is 315 g/mol. The smallest absolute Gasteiger partial charge is 0.248 e. The quantitative estimate of drug-likeness (QED) is 0.823. The van der Waals surface area contributed by atoms with Crippen LogP contribution < -0.4 is 14.8 Å². The first-order chi connectivity index (χ1) is 11.1. The van der Waals surface area contributed by atoms with E-state index in [0.29, 0.717) is 23.8 Å². The summed E-state index contributed by atoms with van der Waals surface area (Å²) in [7, 11) is 1.56. The third-order valence-electron chi connectivity index (χ3n) is 3.03. The zero-order chi connectivity index (χ0) is 16.7. The fourth-order valence-electron chi connectivity index (χ4n) is 1.95. The van der Waals surface area contributed by atoms with E-state index in [9.17, 15) is 9.18 Å². The number of rotatable bonds is 6. The Bertz CT molecular complexity index is 696. The molecule has 0 saturated heterocycles. The third-order valence-corrected chi connectivity index (χ3v) is 3.03. The predicted octanol–water partition coefficient (Wildman–Crippen LogP) is 3.88. The molecule has 0 bridgehead atoms. The molecule has 120 valence electrons. The monoisotopic (exact) mass is 315 g/mol. The Balaban J connectivity index is 2.04. The van der Waals surface area contributed by atoms with Crippen molar-refractivity contribution in [2.45, 2.75) is 6.92 Å². The van der Waals surface area contributed by atoms with E-state index in [0.717, 1.165) is 5.56 Å². The molecule has 23 heavy (non-hydrogen) atoms. The average Bonchev–Trinajstić information content (AvgIpc) is 2.56. The standard InChI is InChI=1S/C18H18FNO3/c1-3-23-16-10-4-13(12-17(16)22-2)5-11-18(21)20-15-8-6-14(19)7-9-15/h4-12H,3H2,1-2H3,(H,20,21). The number of carbonyl (C=O) groups excluding carboxylic acids is 1. The minimum Gasteiger partial charge on any atom is -0.493 e. The van der Waals surface area contributed by atoms with Crippen LogP contribution in [0.5, 0.6) is 11.5 Å². The molecule has 2 rings (SSSR count). The van der Waals surface area contributed by atoms with Gasteiger partial charge in [-0.15, -0.1) is 0 Å². The van der Waals surface area contributed by atoms with Gasteiger partial charge in [-0.05, 0) is 55.0 Å². The summed E-state index contributed by atoms with van der Waals surface area (Å²) in [5.41, 5.74) is 1.34. The van der Waals surface area contributed by atoms with Gasteiger partial charge in [0.15, 0.2) is 11.5 Å². The largest absolute Gasteiger partial charge is 0.493 e. The van der Waals surface area contributed by atoms with Gasteiger partial charge < -0.3 is 14.8 Å². The Kier molecular flexibility index (Phi) is 5.74. The Hall–Kier alpha value is -2.82. The first-order valence-corrected chi connectivity index (χ1v) is 7.18. The molecule has 0 aliphatic carbocycles. The van der Waals surface area contributed by atoms with Crippen molar-refractivity contribution in [3.8, 4) is 11.5 Å². The van der Waals surface area contributed by atoms with Gasteiger partial charge in [0.05, 0.1) is 13.7 Å². The molecule has 0 spiro atoms. The van der Waals surface area contributed by atoms with Crippen LogP contribution in [0.25, 0.3) is 6.08 Å². The highest BCUT2D eigenvalue weighted by atomic mass is 19.1. The first-order valence-electron chi connectivity index (χ1n) is 7.18. The van der Waals surface area contributed by atoms with Gasteiger partial charge in [-0.25, -0.2) is 4.39 Å². The number of ether oxygens (including phenoxy) is 2. The lowest BCUT2D eigenvalue weighted by atomic mass is 10.2. The van der Waals surface area contributed by atoms with Crippen LogP contribution in [0.15, 0.2) is 48.5 Å². The van der Waals surface area contributed by atoms with E-state index in [-0.39, 0.29) is 11.7 Å². The lowest BCUT2D eigenvalue weighted by molar-refractivity contribution is -0.111. The molecule has 0 aliphatic heterocycles. The molecule has 0 unspecified atom stereocenters. The maximum Gasteiger partial charge on any atom is 0.248 e. The number of carbonyl (C=O) groups is 1. The highest BCUT2D eigenvalue weighted by molar-refractivity contribution is 6.01. The number of benzene rings is 2. The van der Waals surface area contributed by atoms with E-state index in [2.05, 4.69) is 5.32 Å². The Labute approximate surface area is 134 Å². The third kappa shape index (κ3) is 4.85. The first kappa shape index (κ1) is 16.5. The fourth-order valence-corrected chi connectivity index (χ4v) is 1.95. The minimum atomic E-state index is -0.347. The number of hydrogen-bond donors (Lipinski definition) is 1. The molecule has 5 heteroatoms. The molecule has 0 aromatic heterocycles. The highest BCUT2D eigenvalue weighted by Crippen LogP contribution is 2.28. The molecule has 1 N–H and O–H groups in total. The van der Waals surface area contributed by atoms with Crippen molar-refractivity contribution in [1.29, 1.82) is 0 Å². The number of amides is 1. The van der Waals surface area contributed by atoms with E-state index >= 15 is 0 Å². The number of methoxy groups -OCH3 is 1. The second-order valence-corrected chi connectivity index (χ2v) is 4.67. The molecule has 0 aliphatic rings. The summed E-state index contributed by atoms with van der Waals surface area (Å²) in [4.78, 5) is 11.8. The molecular weight excluding hydrogens is 297 g/mol. The molecule has 0 atom stereocenters. The van der Waals surface area contributed by atoms with Crippen molar-refractivity contribution in [3.63, 3.8) is 0 Å². The molecule has 2 aromatic carbocycles. The highest BCUT2D eigenvalue weighted by Gasteiger charge is 2.04. The molecule has 0 saturated carbocycles. The van der Waals surface area contributed by atoms with E-state index < -0.39 is 0 Å². The lowest BCUT2D eigenvalue weighted by Gasteiger charge is -2.09. The van der Waals surface area contributed by atoms with Crippen molar-refractivity contribution in [1.82, 2.24) is 0 Å². The second-order valence-electron chi connectivity index (χ2n) is 4.67. The van der Waals surface area contributed by atoms with Gasteiger partial charge in [0.2, 0.25) is 5.91 Å². The van der Waals surface area contributed by atoms with E-state index in [4.69, 9.17) is 9.47 Å². The zero-order valence-electron chi connectivity index (χ0n) is 13.0. The summed E-state index contributed by atoms with van der Waals surface area (Å²) in [6, 6.07) is 11.0. The maximum absolute atomic E-state index is 12.8. The maximum atomic E-state index is 12.8. The molecule has 0 fully saturated rings. The van der Waals surface area contributed by atoms with Crippen molar-refractivity contribution < 1.29 is 18.7 Å². The number of nitrogens with one attached hydrogen (secondary N) is 1. The van der Waals surface area contributed by atoms with E-state index in [1.54, 1.807) is 25.3 Å². The molecule has 0 heterocycles. The fraction of sp³-hybridized carbons (Fsp3) is 0.167. The summed E-state index contributed by atoms with van der Waals surface area (Å²) in [5, 5.41) is 2.65. The van der Waals surface area contributed by atoms with Crippen LogP contribution in [0.3, 0.4) is 0 Å². The van der Waals surface area contributed by atoms with Crippen LogP contribution in [-0.4, -0.2) is 19.6 Å². The lowest BCUT2D eigenvalue weighted by Crippen LogP contribution is -2.07. The van der Waals surface area contributed by atoms with Crippen molar-refractivity contribution in [3.05, 3.63) is 59.9 Å². The summed E-state index contributed by atoms with van der Waals surface area (Å²) in [5.74, 6) is 0.611. The van der Waals surface area contributed by atoms with Crippen LogP contribution in [0.4, 0.5) is 10.1 Å². The number of hydrogen-bond acceptors (Lipinski definition) is 3.